The first kappa shape index (κ1) is 32.8. The first-order valence-corrected chi connectivity index (χ1v) is 17.6. The number of amides is 1. The number of fused-ring (bicyclic) bond motifs is 1. The molecule has 2 unspecified atom stereocenters. The number of alkyl halides is 3. The Labute approximate surface area is 290 Å². The lowest BCUT2D eigenvalue weighted by atomic mass is 9.90. The van der Waals surface area contributed by atoms with E-state index in [2.05, 4.69) is 25.1 Å². The SMILES string of the molecule is Cc1c(F)c(N)cc(-c2nc3c4c(nc(OC[C@@H]5CC[C@H]6C[C@@H](C(=O)N(C)C)CCN56)nc4c2F)N2C[C@H]4CC5[C@H](N4)C52[C@H](C)O3)c1C(F)(F)F. The Kier molecular flexibility index (Phi) is 7.07. The molecule has 3 N–H and O–H groups in total. The number of piperidine rings is 3. The monoisotopic (exact) mass is 714 g/mol. The van der Waals surface area contributed by atoms with E-state index in [4.69, 9.17) is 20.2 Å². The van der Waals surface area contributed by atoms with Crippen LogP contribution in [0.1, 0.15) is 50.2 Å². The minimum atomic E-state index is -5.05. The first-order chi connectivity index (χ1) is 24.2. The van der Waals surface area contributed by atoms with Crippen LogP contribution in [0.15, 0.2) is 6.07 Å². The van der Waals surface area contributed by atoms with Gasteiger partial charge in [0.2, 0.25) is 11.8 Å². The predicted octanol–water partition coefficient (Wildman–Crippen LogP) is 4.29. The summed E-state index contributed by atoms with van der Waals surface area (Å²) < 4.78 is 87.9. The molecule has 6 aliphatic heterocycles. The molecule has 7 aliphatic rings. The summed E-state index contributed by atoms with van der Waals surface area (Å²) in [7, 11) is 3.55. The summed E-state index contributed by atoms with van der Waals surface area (Å²) in [5.74, 6) is -1.78. The molecule has 4 bridgehead atoms. The average Bonchev–Trinajstić information content (AvgIpc) is 3.36. The number of ether oxygens (including phenoxy) is 2. The second-order valence-electron chi connectivity index (χ2n) is 15.3. The molecular formula is C35H39F5N8O3. The summed E-state index contributed by atoms with van der Waals surface area (Å²) in [5.41, 5.74) is 0.850. The predicted molar refractivity (Wildman–Crippen MR) is 176 cm³/mol. The summed E-state index contributed by atoms with van der Waals surface area (Å²) in [5, 5.41) is 3.80. The van der Waals surface area contributed by atoms with Crippen LogP contribution in [0.5, 0.6) is 11.9 Å². The fourth-order valence-electron chi connectivity index (χ4n) is 10.2. The van der Waals surface area contributed by atoms with E-state index in [1.54, 1.807) is 19.0 Å². The fraction of sp³-hybridized carbons (Fsp3) is 0.600. The highest BCUT2D eigenvalue weighted by molar-refractivity contribution is 5.98. The fourth-order valence-corrected chi connectivity index (χ4v) is 10.2. The first-order valence-electron chi connectivity index (χ1n) is 17.6. The van der Waals surface area contributed by atoms with Crippen molar-refractivity contribution in [3.8, 4) is 23.1 Å². The molecule has 8 atom stereocenters. The molecule has 10 rings (SSSR count). The lowest BCUT2D eigenvalue weighted by Crippen LogP contribution is -2.63. The number of hydrogen-bond donors (Lipinski definition) is 2. The number of nitrogens with zero attached hydrogens (tertiary/aromatic N) is 6. The van der Waals surface area contributed by atoms with Crippen molar-refractivity contribution in [2.75, 3.05) is 44.4 Å². The van der Waals surface area contributed by atoms with Crippen molar-refractivity contribution in [3.05, 3.63) is 28.8 Å². The Morgan fingerprint density at radius 2 is 1.94 bits per heavy atom. The quantitative estimate of drug-likeness (QED) is 0.293. The molecule has 11 nitrogen and oxygen atoms in total. The number of hydrogen-bond acceptors (Lipinski definition) is 10. The van der Waals surface area contributed by atoms with E-state index in [-0.39, 0.29) is 71.3 Å². The zero-order valence-corrected chi connectivity index (χ0v) is 28.7. The molecule has 5 saturated heterocycles. The number of aromatic nitrogens is 3. The molecule has 0 radical (unpaired) electrons. The summed E-state index contributed by atoms with van der Waals surface area (Å²) in [6.45, 7) is 4.35. The van der Waals surface area contributed by atoms with Gasteiger partial charge in [-0.2, -0.15) is 23.1 Å². The van der Waals surface area contributed by atoms with Crippen molar-refractivity contribution in [2.24, 2.45) is 11.8 Å². The zero-order chi connectivity index (χ0) is 35.9. The molecule has 3 aromatic rings. The number of nitrogen functional groups attached to an aromatic ring is 1. The van der Waals surface area contributed by atoms with E-state index in [0.29, 0.717) is 12.4 Å². The van der Waals surface area contributed by atoms with Gasteiger partial charge in [0, 0.05) is 62.2 Å². The van der Waals surface area contributed by atoms with Gasteiger partial charge in [-0.25, -0.2) is 13.8 Å². The summed E-state index contributed by atoms with van der Waals surface area (Å²) in [6, 6.07) is 1.18. The third-order valence-corrected chi connectivity index (χ3v) is 12.4. The Hall–Kier alpha value is -4.05. The van der Waals surface area contributed by atoms with Crippen LogP contribution < -0.4 is 25.4 Å². The van der Waals surface area contributed by atoms with E-state index in [0.717, 1.165) is 51.6 Å². The number of nitrogens with one attached hydrogen (secondary N) is 1. The van der Waals surface area contributed by atoms with Crippen LogP contribution in [0, 0.1) is 30.4 Å². The van der Waals surface area contributed by atoms with Crippen LogP contribution in [0.2, 0.25) is 0 Å². The standard InChI is InChI=1S/C35H39F5N8O3/c1-14-24(35(38,39)40)20(11-22(41)25(14)36)27-26(37)28-23-30(48-12-17-10-21-29(42-17)34(21,48)15(2)51-31(23)43-27)45-33(44-28)50-13-19-6-5-18-9-16(7-8-47(18)19)32(49)46(3)4/h11,15-19,21,29,42H,5-10,12-13,41H2,1-4H3/t15-,16-,17+,18-,19-,21?,29-,34?/m0/s1. The topological polar surface area (TPSA) is 122 Å². The zero-order valence-electron chi connectivity index (χ0n) is 28.7. The number of anilines is 2. The Morgan fingerprint density at radius 1 is 1.16 bits per heavy atom. The molecule has 1 spiro atoms. The van der Waals surface area contributed by atoms with Gasteiger partial charge in [-0.15, -0.1) is 0 Å². The van der Waals surface area contributed by atoms with Gasteiger partial charge in [0.25, 0.3) is 0 Å². The van der Waals surface area contributed by atoms with Crippen LogP contribution in [-0.4, -0.2) is 100 Å². The number of carbonyl (C=O) groups excluding carboxylic acids is 1. The maximum absolute atomic E-state index is 16.9. The van der Waals surface area contributed by atoms with Crippen LogP contribution in [0.4, 0.5) is 33.5 Å². The summed E-state index contributed by atoms with van der Waals surface area (Å²) in [4.78, 5) is 32.5. The third-order valence-electron chi connectivity index (χ3n) is 12.4. The van der Waals surface area contributed by atoms with E-state index in [1.165, 1.54) is 0 Å². The van der Waals surface area contributed by atoms with E-state index in [1.807, 2.05) is 6.92 Å². The normalized spacial score (nSPS) is 31.9. The van der Waals surface area contributed by atoms with Crippen molar-refractivity contribution < 1.29 is 36.2 Å². The number of nitrogens with two attached hydrogens (primary N) is 1. The summed E-state index contributed by atoms with van der Waals surface area (Å²) in [6.07, 6.45) is -1.35. The lowest BCUT2D eigenvalue weighted by molar-refractivity contribution is -0.137. The molecule has 1 saturated carbocycles. The molecule has 8 heterocycles. The highest BCUT2D eigenvalue weighted by atomic mass is 19.4. The van der Waals surface area contributed by atoms with Gasteiger partial charge in [0.05, 0.1) is 16.8 Å². The van der Waals surface area contributed by atoms with Crippen LogP contribution >= 0.6 is 0 Å². The maximum Gasteiger partial charge on any atom is 0.417 e. The van der Waals surface area contributed by atoms with Crippen molar-refractivity contribution in [2.45, 2.75) is 87.9 Å². The molecule has 1 amide bonds. The van der Waals surface area contributed by atoms with Gasteiger partial charge < -0.3 is 30.3 Å². The van der Waals surface area contributed by atoms with E-state index in [9.17, 15) is 22.4 Å². The Morgan fingerprint density at radius 3 is 2.65 bits per heavy atom. The van der Waals surface area contributed by atoms with Crippen LogP contribution in [0.25, 0.3) is 22.2 Å². The molecule has 272 valence electrons. The molecule has 16 heteroatoms. The van der Waals surface area contributed by atoms with Gasteiger partial charge in [-0.1, -0.05) is 0 Å². The second kappa shape index (κ2) is 11.0. The van der Waals surface area contributed by atoms with Crippen LogP contribution in [0.3, 0.4) is 0 Å². The average molecular weight is 715 g/mol. The third kappa shape index (κ3) is 4.60. The van der Waals surface area contributed by atoms with Crippen molar-refractivity contribution in [3.63, 3.8) is 0 Å². The molecule has 6 fully saturated rings. The highest BCUT2D eigenvalue weighted by Crippen LogP contribution is 2.64. The highest BCUT2D eigenvalue weighted by Gasteiger charge is 2.78. The van der Waals surface area contributed by atoms with Gasteiger partial charge >= 0.3 is 12.2 Å². The number of rotatable bonds is 5. The van der Waals surface area contributed by atoms with Gasteiger partial charge in [0.15, 0.2) is 5.82 Å². The Bertz CT molecular complexity index is 1980. The van der Waals surface area contributed by atoms with Gasteiger partial charge in [-0.3, -0.25) is 9.69 Å². The summed E-state index contributed by atoms with van der Waals surface area (Å²) >= 11 is 0. The van der Waals surface area contributed by atoms with Crippen LogP contribution in [-0.2, 0) is 11.0 Å². The van der Waals surface area contributed by atoms with Crippen molar-refractivity contribution in [1.82, 2.24) is 30.1 Å². The Balaban J connectivity index is 1.14. The lowest BCUT2D eigenvalue weighted by Gasteiger charge is -2.45. The van der Waals surface area contributed by atoms with Crippen molar-refractivity contribution >= 4 is 28.3 Å². The van der Waals surface area contributed by atoms with E-state index >= 15 is 4.39 Å². The molecule has 51 heavy (non-hydrogen) atoms. The maximum atomic E-state index is 16.9. The molecule has 1 aromatic carbocycles. The van der Waals surface area contributed by atoms with Crippen molar-refractivity contribution in [1.29, 1.82) is 0 Å². The number of benzene rings is 1. The second-order valence-corrected chi connectivity index (χ2v) is 15.3. The molecular weight excluding hydrogens is 675 g/mol. The largest absolute Gasteiger partial charge is 0.471 e. The van der Waals surface area contributed by atoms with Gasteiger partial charge in [0.1, 0.15) is 40.9 Å². The van der Waals surface area contributed by atoms with E-state index < -0.39 is 57.5 Å². The number of carbonyl (C=O) groups is 1. The minimum Gasteiger partial charge on any atom is -0.471 e. The molecule has 1 aliphatic carbocycles. The number of pyridine rings is 1. The minimum absolute atomic E-state index is 0.0195. The molecule has 2 aromatic heterocycles. The van der Waals surface area contributed by atoms with Gasteiger partial charge in [-0.05, 0) is 64.1 Å². The number of piperazine rings is 1. The smallest absolute Gasteiger partial charge is 0.417 e. The number of halogens is 5.